The second kappa shape index (κ2) is 10.4. The summed E-state index contributed by atoms with van der Waals surface area (Å²) in [5.41, 5.74) is 7.44. The molecule has 5 nitrogen and oxygen atoms in total. The predicted octanol–water partition coefficient (Wildman–Crippen LogP) is 4.93. The van der Waals surface area contributed by atoms with E-state index in [1.165, 1.54) is 16.7 Å². The molecule has 0 bridgehead atoms. The summed E-state index contributed by atoms with van der Waals surface area (Å²) in [6, 6.07) is 14.9. The van der Waals surface area contributed by atoms with Gasteiger partial charge in [0, 0.05) is 27.1 Å². The number of aryl methyl sites for hydroxylation is 3. The zero-order valence-electron chi connectivity index (χ0n) is 19.3. The van der Waals surface area contributed by atoms with Crippen molar-refractivity contribution in [2.45, 2.75) is 53.2 Å². The number of rotatable bonds is 9. The van der Waals surface area contributed by atoms with E-state index in [1.54, 1.807) is 14.2 Å². The van der Waals surface area contributed by atoms with Crippen LogP contribution in [0.5, 0.6) is 0 Å². The number of hydrogen-bond acceptors (Lipinski definition) is 3. The third kappa shape index (κ3) is 4.88. The lowest BCUT2D eigenvalue weighted by molar-refractivity contribution is 0.0953. The van der Waals surface area contributed by atoms with Crippen LogP contribution in [-0.4, -0.2) is 29.6 Å². The van der Waals surface area contributed by atoms with Gasteiger partial charge in [-0.25, -0.2) is 4.98 Å². The van der Waals surface area contributed by atoms with Gasteiger partial charge in [-0.15, -0.1) is 0 Å². The summed E-state index contributed by atoms with van der Waals surface area (Å²) < 4.78 is 7.60. The molecule has 0 spiro atoms. The SMILES string of the molecule is CCCc1nc(CC)c(C(=O)NC)n1Cc1ccc(-c2ccccc2C)c(COC)c1. The maximum absolute atomic E-state index is 12.7. The Labute approximate surface area is 185 Å². The largest absolute Gasteiger partial charge is 0.380 e. The number of imidazole rings is 1. The van der Waals surface area contributed by atoms with Crippen LogP contribution in [-0.2, 0) is 30.7 Å². The molecule has 0 saturated heterocycles. The van der Waals surface area contributed by atoms with Crippen molar-refractivity contribution >= 4 is 5.91 Å². The first-order valence-corrected chi connectivity index (χ1v) is 11.0. The van der Waals surface area contributed by atoms with Gasteiger partial charge in [-0.05, 0) is 47.6 Å². The number of hydrogen-bond donors (Lipinski definition) is 1. The monoisotopic (exact) mass is 419 g/mol. The van der Waals surface area contributed by atoms with Crippen LogP contribution in [0, 0.1) is 6.92 Å². The van der Waals surface area contributed by atoms with Gasteiger partial charge in [-0.2, -0.15) is 0 Å². The van der Waals surface area contributed by atoms with E-state index in [0.29, 0.717) is 18.8 Å². The first-order chi connectivity index (χ1) is 15.0. The van der Waals surface area contributed by atoms with E-state index >= 15 is 0 Å². The molecule has 0 aliphatic heterocycles. The van der Waals surface area contributed by atoms with Crippen LogP contribution in [0.3, 0.4) is 0 Å². The third-order valence-corrected chi connectivity index (χ3v) is 5.61. The zero-order chi connectivity index (χ0) is 22.4. The molecule has 0 unspecified atom stereocenters. The maximum Gasteiger partial charge on any atom is 0.269 e. The molecule has 1 aromatic heterocycles. The normalized spacial score (nSPS) is 11.0. The third-order valence-electron chi connectivity index (χ3n) is 5.61. The van der Waals surface area contributed by atoms with E-state index in [0.717, 1.165) is 41.9 Å². The Morgan fingerprint density at radius 2 is 1.90 bits per heavy atom. The average molecular weight is 420 g/mol. The number of amides is 1. The van der Waals surface area contributed by atoms with Gasteiger partial charge in [0.15, 0.2) is 0 Å². The van der Waals surface area contributed by atoms with Crippen LogP contribution >= 0.6 is 0 Å². The molecule has 2 aromatic carbocycles. The second-order valence-electron chi connectivity index (χ2n) is 7.83. The number of carbonyl (C=O) groups is 1. The minimum atomic E-state index is -0.0830. The van der Waals surface area contributed by atoms with E-state index in [9.17, 15) is 4.79 Å². The van der Waals surface area contributed by atoms with Crippen LogP contribution in [0.15, 0.2) is 42.5 Å². The Morgan fingerprint density at radius 3 is 2.55 bits per heavy atom. The quantitative estimate of drug-likeness (QED) is 0.535. The van der Waals surface area contributed by atoms with Crippen molar-refractivity contribution in [2.24, 2.45) is 0 Å². The van der Waals surface area contributed by atoms with Gasteiger partial charge in [-0.3, -0.25) is 4.79 Å². The van der Waals surface area contributed by atoms with Crippen LogP contribution in [0.1, 0.15) is 59.0 Å². The summed E-state index contributed by atoms with van der Waals surface area (Å²) in [7, 11) is 3.40. The van der Waals surface area contributed by atoms with Crippen molar-refractivity contribution in [1.82, 2.24) is 14.9 Å². The molecular formula is C26H33N3O2. The Kier molecular flexibility index (Phi) is 7.64. The fourth-order valence-corrected chi connectivity index (χ4v) is 4.10. The molecule has 31 heavy (non-hydrogen) atoms. The number of benzene rings is 2. The highest BCUT2D eigenvalue weighted by Crippen LogP contribution is 2.29. The Bertz CT molecular complexity index is 1050. The van der Waals surface area contributed by atoms with Crippen molar-refractivity contribution in [3.05, 3.63) is 76.4 Å². The molecule has 3 aromatic rings. The zero-order valence-corrected chi connectivity index (χ0v) is 19.3. The predicted molar refractivity (Wildman–Crippen MR) is 125 cm³/mol. The number of nitrogens with zero attached hydrogens (tertiary/aromatic N) is 2. The lowest BCUT2D eigenvalue weighted by atomic mass is 9.94. The first kappa shape index (κ1) is 22.8. The van der Waals surface area contributed by atoms with Crippen LogP contribution in [0.4, 0.5) is 0 Å². The molecule has 0 fully saturated rings. The molecule has 1 heterocycles. The molecule has 0 aliphatic carbocycles. The Morgan fingerprint density at radius 1 is 1.13 bits per heavy atom. The molecule has 0 radical (unpaired) electrons. The number of nitrogens with one attached hydrogen (secondary N) is 1. The number of carbonyl (C=O) groups excluding carboxylic acids is 1. The standard InChI is InChI=1S/C26H33N3O2/c1-6-10-24-28-23(7-2)25(26(30)27-4)29(24)16-19-13-14-22(20(15-19)17-31-5)21-12-9-8-11-18(21)3/h8-9,11-15H,6-7,10,16-17H2,1-5H3,(H,27,30). The van der Waals surface area contributed by atoms with Gasteiger partial charge >= 0.3 is 0 Å². The van der Waals surface area contributed by atoms with E-state index < -0.39 is 0 Å². The second-order valence-corrected chi connectivity index (χ2v) is 7.83. The molecule has 0 aliphatic rings. The maximum atomic E-state index is 12.7. The number of aromatic nitrogens is 2. The first-order valence-electron chi connectivity index (χ1n) is 11.0. The van der Waals surface area contributed by atoms with E-state index in [4.69, 9.17) is 9.72 Å². The van der Waals surface area contributed by atoms with Gasteiger partial charge in [0.05, 0.1) is 12.3 Å². The summed E-state index contributed by atoms with van der Waals surface area (Å²) in [6.07, 6.45) is 2.55. The number of ether oxygens (including phenoxy) is 1. The minimum Gasteiger partial charge on any atom is -0.380 e. The molecule has 1 amide bonds. The van der Waals surface area contributed by atoms with Crippen LogP contribution in [0.2, 0.25) is 0 Å². The van der Waals surface area contributed by atoms with E-state index in [-0.39, 0.29) is 5.91 Å². The Balaban J connectivity index is 2.07. The van der Waals surface area contributed by atoms with Crippen molar-refractivity contribution in [3.8, 4) is 11.1 Å². The highest BCUT2D eigenvalue weighted by atomic mass is 16.5. The molecule has 0 saturated carbocycles. The topological polar surface area (TPSA) is 56.2 Å². The molecule has 164 valence electrons. The summed E-state index contributed by atoms with van der Waals surface area (Å²) in [6.45, 7) is 7.45. The molecule has 1 N–H and O–H groups in total. The van der Waals surface area contributed by atoms with E-state index in [1.807, 2.05) is 6.92 Å². The summed E-state index contributed by atoms with van der Waals surface area (Å²) in [4.78, 5) is 17.5. The summed E-state index contributed by atoms with van der Waals surface area (Å²) in [5.74, 6) is 0.884. The summed E-state index contributed by atoms with van der Waals surface area (Å²) in [5, 5.41) is 2.79. The molecule has 3 rings (SSSR count). The van der Waals surface area contributed by atoms with Gasteiger partial charge < -0.3 is 14.6 Å². The Hall–Kier alpha value is -2.92. The summed E-state index contributed by atoms with van der Waals surface area (Å²) >= 11 is 0. The van der Waals surface area contributed by atoms with Crippen LogP contribution in [0.25, 0.3) is 11.1 Å². The van der Waals surface area contributed by atoms with Gasteiger partial charge in [0.25, 0.3) is 5.91 Å². The molecule has 5 heteroatoms. The smallest absolute Gasteiger partial charge is 0.269 e. The fraction of sp³-hybridized carbons (Fsp3) is 0.385. The van der Waals surface area contributed by atoms with Gasteiger partial charge in [0.2, 0.25) is 0 Å². The molecule has 0 atom stereocenters. The minimum absolute atomic E-state index is 0.0830. The van der Waals surface area contributed by atoms with Gasteiger partial charge in [0.1, 0.15) is 11.5 Å². The van der Waals surface area contributed by atoms with Crippen LogP contribution < -0.4 is 5.32 Å². The average Bonchev–Trinajstić information content (AvgIpc) is 3.11. The highest BCUT2D eigenvalue weighted by molar-refractivity contribution is 5.93. The van der Waals surface area contributed by atoms with Crippen molar-refractivity contribution < 1.29 is 9.53 Å². The fourth-order valence-electron chi connectivity index (χ4n) is 4.10. The molecular weight excluding hydrogens is 386 g/mol. The lowest BCUT2D eigenvalue weighted by Crippen LogP contribution is -2.24. The van der Waals surface area contributed by atoms with Crippen molar-refractivity contribution in [1.29, 1.82) is 0 Å². The lowest BCUT2D eigenvalue weighted by Gasteiger charge is -2.16. The highest BCUT2D eigenvalue weighted by Gasteiger charge is 2.21. The van der Waals surface area contributed by atoms with Gasteiger partial charge in [-0.1, -0.05) is 56.3 Å². The van der Waals surface area contributed by atoms with Crippen molar-refractivity contribution in [3.63, 3.8) is 0 Å². The van der Waals surface area contributed by atoms with Crippen molar-refractivity contribution in [2.75, 3.05) is 14.2 Å². The van der Waals surface area contributed by atoms with E-state index in [2.05, 4.69) is 66.2 Å². The number of methoxy groups -OCH3 is 1.